The Morgan fingerprint density at radius 1 is 1.26 bits per heavy atom. The number of para-hydroxylation sites is 2. The number of nitro groups is 1. The first-order valence-electron chi connectivity index (χ1n) is 7.87. The van der Waals surface area contributed by atoms with Gasteiger partial charge in [-0.15, -0.1) is 0 Å². The molecule has 0 aliphatic carbocycles. The second-order valence-electron chi connectivity index (χ2n) is 5.58. The smallest absolute Gasteiger partial charge is 0.311 e. The van der Waals surface area contributed by atoms with Gasteiger partial charge in [-0.3, -0.25) is 14.5 Å². The van der Waals surface area contributed by atoms with E-state index in [1.807, 2.05) is 22.6 Å². The minimum Gasteiger partial charge on any atom is -0.455 e. The molecule has 0 saturated heterocycles. The fraction of sp³-hybridized carbons (Fsp3) is 0.294. The summed E-state index contributed by atoms with van der Waals surface area (Å²) in [5.41, 5.74) is -0.381. The van der Waals surface area contributed by atoms with Crippen LogP contribution in [0, 0.1) is 19.5 Å². The Kier molecular flexibility index (Phi) is 7.68. The van der Waals surface area contributed by atoms with Crippen molar-refractivity contribution in [1.29, 1.82) is 0 Å². The quantitative estimate of drug-likeness (QED) is 0.214. The van der Waals surface area contributed by atoms with Gasteiger partial charge in [0.15, 0.2) is 5.75 Å². The van der Waals surface area contributed by atoms with Crippen molar-refractivity contribution in [3.63, 3.8) is 0 Å². The summed E-state index contributed by atoms with van der Waals surface area (Å²) in [6.07, 6.45) is -3.83. The van der Waals surface area contributed by atoms with Crippen molar-refractivity contribution in [1.82, 2.24) is 0 Å². The first-order chi connectivity index (χ1) is 12.8. The second-order valence-corrected chi connectivity index (χ2v) is 6.82. The van der Waals surface area contributed by atoms with E-state index in [0.717, 1.165) is 0 Å². The number of nitrogens with zero attached hydrogens (tertiary/aromatic N) is 1. The lowest BCUT2D eigenvalue weighted by molar-refractivity contribution is -0.386. The summed E-state index contributed by atoms with van der Waals surface area (Å²) in [4.78, 5) is 10.3. The number of nitrogens with one attached hydrogen (secondary N) is 1. The lowest BCUT2D eigenvalue weighted by Crippen LogP contribution is -2.45. The van der Waals surface area contributed by atoms with Gasteiger partial charge in [0.1, 0.15) is 11.9 Å². The normalized spacial score (nSPS) is 14.3. The largest absolute Gasteiger partial charge is 0.455 e. The molecule has 3 atom stereocenters. The molecule has 7 nitrogen and oxygen atoms in total. The molecule has 3 N–H and O–H groups in total. The van der Waals surface area contributed by atoms with E-state index in [1.165, 1.54) is 36.4 Å². The van der Waals surface area contributed by atoms with Crippen LogP contribution in [-0.4, -0.2) is 40.2 Å². The van der Waals surface area contributed by atoms with Gasteiger partial charge in [0.2, 0.25) is 6.29 Å². The third kappa shape index (κ3) is 5.71. The van der Waals surface area contributed by atoms with Crippen molar-refractivity contribution in [2.24, 2.45) is 0 Å². The lowest BCUT2D eigenvalue weighted by Gasteiger charge is -2.28. The summed E-state index contributed by atoms with van der Waals surface area (Å²) in [6.45, 7) is -0.848. The van der Waals surface area contributed by atoms with Crippen LogP contribution in [0.25, 0.3) is 0 Å². The maximum atomic E-state index is 14.0. The molecule has 0 aliphatic rings. The minimum absolute atomic E-state index is 0.0193. The third-order valence-corrected chi connectivity index (χ3v) is 4.38. The van der Waals surface area contributed by atoms with Crippen LogP contribution in [-0.2, 0) is 0 Å². The number of halogens is 3. The van der Waals surface area contributed by atoms with Crippen LogP contribution in [0.3, 0.4) is 0 Å². The third-order valence-electron chi connectivity index (χ3n) is 3.71. The Labute approximate surface area is 167 Å². The lowest BCUT2D eigenvalue weighted by atomic mass is 10.1. The highest BCUT2D eigenvalue weighted by Gasteiger charge is 2.30. The van der Waals surface area contributed by atoms with Gasteiger partial charge in [0.25, 0.3) is 0 Å². The number of benzene rings is 2. The van der Waals surface area contributed by atoms with Crippen LogP contribution < -0.4 is 10.1 Å². The number of aliphatic hydroxyl groups is 2. The molecule has 0 spiro atoms. The molecule has 146 valence electrons. The van der Waals surface area contributed by atoms with Gasteiger partial charge in [0, 0.05) is 9.64 Å². The van der Waals surface area contributed by atoms with Gasteiger partial charge in [-0.1, -0.05) is 12.1 Å². The van der Waals surface area contributed by atoms with Crippen LogP contribution in [0.4, 0.5) is 20.2 Å². The Morgan fingerprint density at radius 3 is 2.59 bits per heavy atom. The second kappa shape index (κ2) is 9.76. The van der Waals surface area contributed by atoms with E-state index in [2.05, 4.69) is 5.32 Å². The maximum Gasteiger partial charge on any atom is 0.311 e. The van der Waals surface area contributed by atoms with E-state index in [1.54, 1.807) is 6.07 Å². The van der Waals surface area contributed by atoms with Gasteiger partial charge in [-0.05, 0) is 53.3 Å². The number of hydrogen-bond acceptors (Lipinski definition) is 6. The molecule has 0 bridgehead atoms. The summed E-state index contributed by atoms with van der Waals surface area (Å²) in [6, 6.07) is 8.50. The van der Waals surface area contributed by atoms with Crippen LogP contribution >= 0.6 is 22.6 Å². The van der Waals surface area contributed by atoms with E-state index in [0.29, 0.717) is 3.57 Å². The van der Waals surface area contributed by atoms with Crippen LogP contribution in [0.2, 0.25) is 0 Å². The summed E-state index contributed by atoms with van der Waals surface area (Å²) >= 11 is 1.92. The summed E-state index contributed by atoms with van der Waals surface area (Å²) in [7, 11) is 0. The number of anilines is 1. The number of aliphatic hydroxyl groups excluding tert-OH is 2. The SMILES string of the molecule is O=[N+]([O-])c1ccccc1OC(O)C(O)C(CCF)Nc1ccc(I)cc1F. The molecule has 0 fully saturated rings. The Hall–Kier alpha value is -2.05. The number of rotatable bonds is 9. The number of hydrogen-bond donors (Lipinski definition) is 3. The zero-order chi connectivity index (χ0) is 20.0. The molecule has 0 heterocycles. The van der Waals surface area contributed by atoms with Crippen LogP contribution in [0.15, 0.2) is 42.5 Å². The van der Waals surface area contributed by atoms with E-state index in [4.69, 9.17) is 4.74 Å². The zero-order valence-corrected chi connectivity index (χ0v) is 16.0. The Balaban J connectivity index is 2.15. The molecule has 0 aliphatic heterocycles. The molecule has 10 heteroatoms. The van der Waals surface area contributed by atoms with Gasteiger partial charge in [-0.2, -0.15) is 0 Å². The predicted octanol–water partition coefficient (Wildman–Crippen LogP) is 3.24. The highest BCUT2D eigenvalue weighted by Crippen LogP contribution is 2.28. The molecule has 0 saturated carbocycles. The molecule has 2 rings (SSSR count). The number of ether oxygens (including phenoxy) is 1. The van der Waals surface area contributed by atoms with Crippen molar-refractivity contribution >= 4 is 34.0 Å². The van der Waals surface area contributed by atoms with Crippen molar-refractivity contribution < 1.29 is 28.7 Å². The topological polar surface area (TPSA) is 105 Å². The first-order valence-corrected chi connectivity index (χ1v) is 8.95. The fourth-order valence-corrected chi connectivity index (χ4v) is 2.81. The summed E-state index contributed by atoms with van der Waals surface area (Å²) in [5.74, 6) is -0.861. The van der Waals surface area contributed by atoms with E-state index in [9.17, 15) is 29.1 Å². The summed E-state index contributed by atoms with van der Waals surface area (Å²) < 4.78 is 32.6. The average Bonchev–Trinajstić information content (AvgIpc) is 2.63. The van der Waals surface area contributed by atoms with Crippen molar-refractivity contribution in [2.75, 3.05) is 12.0 Å². The Morgan fingerprint density at radius 2 is 1.96 bits per heavy atom. The van der Waals surface area contributed by atoms with Crippen molar-refractivity contribution in [3.05, 3.63) is 62.0 Å². The molecule has 0 aromatic heterocycles. The van der Waals surface area contributed by atoms with Crippen LogP contribution in [0.5, 0.6) is 5.75 Å². The first kappa shape index (κ1) is 21.3. The maximum absolute atomic E-state index is 14.0. The van der Waals surface area contributed by atoms with Crippen LogP contribution in [0.1, 0.15) is 6.42 Å². The standard InChI is InChI=1S/C17H17F2IN2O5/c18-8-7-13(21-12-6-5-10(20)9-11(12)19)16(23)17(24)27-15-4-2-1-3-14(15)22(25)26/h1-6,9,13,16-17,21,23-24H,7-8H2. The predicted molar refractivity (Wildman–Crippen MR) is 103 cm³/mol. The van der Waals surface area contributed by atoms with E-state index >= 15 is 0 Å². The van der Waals surface area contributed by atoms with E-state index < -0.39 is 41.5 Å². The molecule has 0 radical (unpaired) electrons. The van der Waals surface area contributed by atoms with Gasteiger partial charge >= 0.3 is 5.69 Å². The monoisotopic (exact) mass is 494 g/mol. The zero-order valence-electron chi connectivity index (χ0n) is 13.9. The van der Waals surface area contributed by atoms with Crippen molar-refractivity contribution in [3.8, 4) is 5.75 Å². The minimum atomic E-state index is -1.90. The molecule has 3 unspecified atom stereocenters. The number of alkyl halides is 1. The van der Waals surface area contributed by atoms with Gasteiger partial charge < -0.3 is 20.3 Å². The van der Waals surface area contributed by atoms with Crippen molar-refractivity contribution in [2.45, 2.75) is 24.9 Å². The Bertz CT molecular complexity index is 796. The molecular weight excluding hydrogens is 477 g/mol. The molecule has 27 heavy (non-hydrogen) atoms. The molecule has 2 aromatic carbocycles. The van der Waals surface area contributed by atoms with Gasteiger partial charge in [-0.25, -0.2) is 4.39 Å². The summed E-state index contributed by atoms with van der Waals surface area (Å²) in [5, 5.41) is 34.1. The highest BCUT2D eigenvalue weighted by molar-refractivity contribution is 14.1. The molecular formula is C17H17F2IN2O5. The van der Waals surface area contributed by atoms with E-state index in [-0.39, 0.29) is 17.9 Å². The highest BCUT2D eigenvalue weighted by atomic mass is 127. The average molecular weight is 494 g/mol. The molecule has 0 amide bonds. The molecule has 2 aromatic rings. The fourth-order valence-electron chi connectivity index (χ4n) is 2.36. The van der Waals surface area contributed by atoms with Gasteiger partial charge in [0.05, 0.1) is 23.3 Å². The number of nitro benzene ring substituents is 1.